The van der Waals surface area contributed by atoms with Crippen molar-refractivity contribution in [3.63, 3.8) is 0 Å². The monoisotopic (exact) mass is 396 g/mol. The molecule has 2 atom stereocenters. The zero-order valence-electron chi connectivity index (χ0n) is 13.7. The Morgan fingerprint density at radius 1 is 1.15 bits per heavy atom. The van der Waals surface area contributed by atoms with Gasteiger partial charge in [-0.15, -0.1) is 0 Å². The van der Waals surface area contributed by atoms with E-state index < -0.39 is 50.1 Å². The summed E-state index contributed by atoms with van der Waals surface area (Å²) in [6.07, 6.45) is -1.53. The smallest absolute Gasteiger partial charge is 0.337 e. The predicted octanol–water partition coefficient (Wildman–Crippen LogP) is 0.666. The van der Waals surface area contributed by atoms with Crippen LogP contribution in [0.2, 0.25) is 0 Å². The number of rotatable bonds is 8. The van der Waals surface area contributed by atoms with Crippen molar-refractivity contribution in [1.82, 2.24) is 4.72 Å². The molecule has 0 heterocycles. The summed E-state index contributed by atoms with van der Waals surface area (Å²) in [6, 6.07) is 8.19. The van der Waals surface area contributed by atoms with Crippen LogP contribution in [-0.4, -0.2) is 47.3 Å². The summed E-state index contributed by atoms with van der Waals surface area (Å²) < 4.78 is 27.1. The molecule has 0 aliphatic carbocycles. The summed E-state index contributed by atoms with van der Waals surface area (Å²) in [6.45, 7) is -0.799. The number of carbonyl (C=O) groups is 1. The number of aliphatic hydroxyl groups excluding tert-OH is 2. The van der Waals surface area contributed by atoms with Gasteiger partial charge in [0.15, 0.2) is 0 Å². The topological polar surface area (TPSA) is 167 Å². The first-order valence-corrected chi connectivity index (χ1v) is 9.03. The van der Waals surface area contributed by atoms with Gasteiger partial charge in [-0.2, -0.15) is 0 Å². The van der Waals surface area contributed by atoms with Crippen LogP contribution in [0.4, 0.5) is 5.69 Å². The van der Waals surface area contributed by atoms with Crippen LogP contribution in [0.3, 0.4) is 0 Å². The molecule has 0 bridgehead atoms. The second-order valence-corrected chi connectivity index (χ2v) is 7.19. The van der Waals surface area contributed by atoms with E-state index in [1.807, 2.05) is 0 Å². The molecule has 10 nitrogen and oxygen atoms in total. The number of benzene rings is 2. The minimum absolute atomic E-state index is 0.133. The van der Waals surface area contributed by atoms with E-state index in [2.05, 4.69) is 4.72 Å². The lowest BCUT2D eigenvalue weighted by atomic mass is 10.0. The number of hydrogen-bond donors (Lipinski definition) is 4. The summed E-state index contributed by atoms with van der Waals surface area (Å²) in [7, 11) is -4.38. The highest BCUT2D eigenvalue weighted by molar-refractivity contribution is 7.89. The number of nitro benzene ring substituents is 1. The molecule has 2 rings (SSSR count). The number of aliphatic hydroxyl groups is 2. The zero-order chi connectivity index (χ0) is 20.2. The quantitative estimate of drug-likeness (QED) is 0.373. The molecular formula is C16H16N2O8S. The molecule has 2 unspecified atom stereocenters. The Bertz CT molecular complexity index is 943. The maximum Gasteiger partial charge on any atom is 0.337 e. The third-order valence-electron chi connectivity index (χ3n) is 3.74. The van der Waals surface area contributed by atoms with Crippen LogP contribution in [-0.2, 0) is 10.0 Å². The molecule has 0 aliphatic rings. The molecule has 11 heteroatoms. The number of carboxylic acids is 1. The number of non-ortho nitro benzene ring substituents is 1. The van der Waals surface area contributed by atoms with Crippen molar-refractivity contribution in [3.05, 3.63) is 69.8 Å². The Morgan fingerprint density at radius 2 is 1.74 bits per heavy atom. The van der Waals surface area contributed by atoms with E-state index in [9.17, 15) is 33.5 Å². The largest absolute Gasteiger partial charge is 0.478 e. The molecule has 0 radical (unpaired) electrons. The van der Waals surface area contributed by atoms with Crippen LogP contribution in [0, 0.1) is 10.1 Å². The van der Waals surface area contributed by atoms with Crippen molar-refractivity contribution in [1.29, 1.82) is 0 Å². The summed E-state index contributed by atoms with van der Waals surface area (Å²) in [5.41, 5.74) is -0.553. The van der Waals surface area contributed by atoms with Crippen molar-refractivity contribution in [3.8, 4) is 0 Å². The lowest BCUT2D eigenvalue weighted by molar-refractivity contribution is -0.384. The lowest BCUT2D eigenvalue weighted by Crippen LogP contribution is -2.42. The molecule has 0 saturated carbocycles. The molecule has 0 spiro atoms. The molecule has 0 saturated heterocycles. The van der Waals surface area contributed by atoms with Crippen LogP contribution in [0.1, 0.15) is 22.0 Å². The van der Waals surface area contributed by atoms with Gasteiger partial charge in [0.25, 0.3) is 5.69 Å². The Kier molecular flexibility index (Phi) is 6.23. The number of nitrogens with zero attached hydrogens (tertiary/aromatic N) is 1. The van der Waals surface area contributed by atoms with Gasteiger partial charge in [-0.1, -0.05) is 12.1 Å². The Hall–Kier alpha value is -2.86. The first-order chi connectivity index (χ1) is 12.7. The van der Waals surface area contributed by atoms with E-state index in [0.29, 0.717) is 0 Å². The predicted molar refractivity (Wildman–Crippen MR) is 92.7 cm³/mol. The van der Waals surface area contributed by atoms with E-state index in [4.69, 9.17) is 5.11 Å². The molecule has 0 amide bonds. The minimum atomic E-state index is -4.38. The third kappa shape index (κ3) is 4.65. The van der Waals surface area contributed by atoms with Crippen molar-refractivity contribution in [2.24, 2.45) is 0 Å². The highest BCUT2D eigenvalue weighted by Gasteiger charge is 2.29. The van der Waals surface area contributed by atoms with Crippen molar-refractivity contribution in [2.75, 3.05) is 6.61 Å². The maximum atomic E-state index is 12.5. The number of aromatic carboxylic acids is 1. The molecule has 0 aromatic heterocycles. The SMILES string of the molecule is O=C(O)c1ccccc1S(=O)(=O)NC(CO)C(O)c1ccc([N+](=O)[O-])cc1. The maximum absolute atomic E-state index is 12.5. The van der Waals surface area contributed by atoms with Crippen molar-refractivity contribution < 1.29 is 33.5 Å². The third-order valence-corrected chi connectivity index (χ3v) is 5.28. The zero-order valence-corrected chi connectivity index (χ0v) is 14.5. The lowest BCUT2D eigenvalue weighted by Gasteiger charge is -2.22. The van der Waals surface area contributed by atoms with E-state index in [1.165, 1.54) is 24.3 Å². The summed E-state index contributed by atoms with van der Waals surface area (Å²) >= 11 is 0. The van der Waals surface area contributed by atoms with Crippen molar-refractivity contribution in [2.45, 2.75) is 17.0 Å². The van der Waals surface area contributed by atoms with Gasteiger partial charge < -0.3 is 15.3 Å². The molecule has 4 N–H and O–H groups in total. The Balaban J connectivity index is 2.30. The molecular weight excluding hydrogens is 380 g/mol. The van der Waals surface area contributed by atoms with E-state index >= 15 is 0 Å². The second-order valence-electron chi connectivity index (χ2n) is 5.51. The summed E-state index contributed by atoms with van der Waals surface area (Å²) in [5.74, 6) is -1.45. The van der Waals surface area contributed by atoms with E-state index in [-0.39, 0.29) is 11.3 Å². The highest BCUT2D eigenvalue weighted by Crippen LogP contribution is 2.23. The second kappa shape index (κ2) is 8.22. The van der Waals surface area contributed by atoms with Crippen LogP contribution < -0.4 is 4.72 Å². The molecule has 0 aliphatic heterocycles. The number of nitrogens with one attached hydrogen (secondary N) is 1. The Labute approximate surface area is 153 Å². The van der Waals surface area contributed by atoms with Crippen LogP contribution >= 0.6 is 0 Å². The number of carboxylic acid groups (broad SMARTS) is 1. The van der Waals surface area contributed by atoms with Crippen LogP contribution in [0.15, 0.2) is 53.4 Å². The Morgan fingerprint density at radius 3 is 2.26 bits per heavy atom. The fourth-order valence-corrected chi connectivity index (χ4v) is 3.80. The van der Waals surface area contributed by atoms with Gasteiger partial charge in [0.05, 0.1) is 34.1 Å². The standard InChI is InChI=1S/C16H16N2O8S/c19-9-13(15(20)10-5-7-11(8-6-10)18(23)24)17-27(25,26)14-4-2-1-3-12(14)16(21)22/h1-8,13,15,17,19-20H,9H2,(H,21,22). The number of sulfonamides is 1. The van der Waals surface area contributed by atoms with E-state index in [0.717, 1.165) is 24.3 Å². The van der Waals surface area contributed by atoms with Gasteiger partial charge in [-0.05, 0) is 29.8 Å². The summed E-state index contributed by atoms with van der Waals surface area (Å²) in [5, 5.41) is 39.6. The molecule has 0 fully saturated rings. The molecule has 144 valence electrons. The molecule has 2 aromatic rings. The number of hydrogen-bond acceptors (Lipinski definition) is 7. The van der Waals surface area contributed by atoms with Gasteiger partial charge in [-0.3, -0.25) is 10.1 Å². The average Bonchev–Trinajstić information content (AvgIpc) is 2.65. The minimum Gasteiger partial charge on any atom is -0.478 e. The van der Waals surface area contributed by atoms with E-state index in [1.54, 1.807) is 0 Å². The average molecular weight is 396 g/mol. The van der Waals surface area contributed by atoms with Crippen LogP contribution in [0.25, 0.3) is 0 Å². The highest BCUT2D eigenvalue weighted by atomic mass is 32.2. The first-order valence-electron chi connectivity index (χ1n) is 7.55. The van der Waals surface area contributed by atoms with Crippen molar-refractivity contribution >= 4 is 21.7 Å². The fraction of sp³-hybridized carbons (Fsp3) is 0.188. The van der Waals surface area contributed by atoms with Gasteiger partial charge in [0.1, 0.15) is 0 Å². The van der Waals surface area contributed by atoms with Gasteiger partial charge in [0, 0.05) is 12.1 Å². The molecule has 2 aromatic carbocycles. The van der Waals surface area contributed by atoms with Gasteiger partial charge in [0.2, 0.25) is 10.0 Å². The van der Waals surface area contributed by atoms with Gasteiger partial charge in [-0.25, -0.2) is 17.9 Å². The van der Waals surface area contributed by atoms with Crippen LogP contribution in [0.5, 0.6) is 0 Å². The van der Waals surface area contributed by atoms with Gasteiger partial charge >= 0.3 is 5.97 Å². The molecule has 27 heavy (non-hydrogen) atoms. The number of nitro groups is 1. The summed E-state index contributed by atoms with van der Waals surface area (Å²) in [4.78, 5) is 20.7. The normalized spacial score (nSPS) is 13.7. The first kappa shape index (κ1) is 20.5. The fourth-order valence-electron chi connectivity index (χ4n) is 2.37.